The van der Waals surface area contributed by atoms with Crippen molar-refractivity contribution in [1.82, 2.24) is 15.3 Å². The van der Waals surface area contributed by atoms with E-state index in [0.29, 0.717) is 18.3 Å². The third-order valence-corrected chi connectivity index (χ3v) is 2.05. The van der Waals surface area contributed by atoms with Gasteiger partial charge in [0.05, 0.1) is 19.8 Å². The van der Waals surface area contributed by atoms with Gasteiger partial charge in [-0.3, -0.25) is 0 Å². The molecule has 0 unspecified atom stereocenters. The normalized spacial score (nSPS) is 11.3. The molecule has 90 valence electrons. The molecule has 0 aliphatic rings. The van der Waals surface area contributed by atoms with Crippen LogP contribution in [0.2, 0.25) is 0 Å². The van der Waals surface area contributed by atoms with E-state index in [9.17, 15) is 0 Å². The Morgan fingerprint density at radius 3 is 2.00 bits per heavy atom. The Kier molecular flexibility index (Phi) is 4.06. The summed E-state index contributed by atoms with van der Waals surface area (Å²) in [6.07, 6.45) is 1.43. The Labute approximate surface area is 96.2 Å². The Hall–Kier alpha value is -1.36. The number of rotatable bonds is 4. The molecule has 5 heteroatoms. The first-order valence-corrected chi connectivity index (χ1v) is 5.15. The Morgan fingerprint density at radius 2 is 1.62 bits per heavy atom. The number of nitrogens with one attached hydrogen (secondary N) is 1. The van der Waals surface area contributed by atoms with Crippen molar-refractivity contribution < 1.29 is 9.47 Å². The van der Waals surface area contributed by atoms with Gasteiger partial charge >= 0.3 is 0 Å². The molecule has 1 aromatic heterocycles. The number of hydrogen-bond acceptors (Lipinski definition) is 5. The molecule has 16 heavy (non-hydrogen) atoms. The molecule has 0 fully saturated rings. The van der Waals surface area contributed by atoms with Crippen LogP contribution in [0.3, 0.4) is 0 Å². The summed E-state index contributed by atoms with van der Waals surface area (Å²) in [7, 11) is 3.17. The van der Waals surface area contributed by atoms with Crippen molar-refractivity contribution in [2.45, 2.75) is 32.9 Å². The highest BCUT2D eigenvalue weighted by Gasteiger charge is 2.16. The topological polar surface area (TPSA) is 56.3 Å². The molecule has 0 aromatic carbocycles. The van der Waals surface area contributed by atoms with Crippen LogP contribution in [-0.4, -0.2) is 29.7 Å². The van der Waals surface area contributed by atoms with Crippen molar-refractivity contribution >= 4 is 0 Å². The van der Waals surface area contributed by atoms with Crippen LogP contribution in [0.4, 0.5) is 0 Å². The minimum Gasteiger partial charge on any atom is -0.481 e. The third-order valence-electron chi connectivity index (χ3n) is 2.05. The van der Waals surface area contributed by atoms with Crippen LogP contribution < -0.4 is 14.8 Å². The van der Waals surface area contributed by atoms with Crippen molar-refractivity contribution in [2.75, 3.05) is 14.2 Å². The van der Waals surface area contributed by atoms with E-state index < -0.39 is 0 Å². The van der Waals surface area contributed by atoms with Crippen molar-refractivity contribution in [1.29, 1.82) is 0 Å². The van der Waals surface area contributed by atoms with Gasteiger partial charge in [0.15, 0.2) is 0 Å². The lowest BCUT2D eigenvalue weighted by atomic mass is 10.1. The fraction of sp³-hybridized carbons (Fsp3) is 0.636. The second-order valence-electron chi connectivity index (χ2n) is 4.47. The molecule has 0 saturated carbocycles. The number of nitrogens with zero attached hydrogens (tertiary/aromatic N) is 2. The molecule has 0 radical (unpaired) electrons. The highest BCUT2D eigenvalue weighted by Crippen LogP contribution is 2.23. The van der Waals surface area contributed by atoms with Crippen molar-refractivity contribution in [3.05, 3.63) is 11.9 Å². The molecule has 1 heterocycles. The molecule has 1 aromatic rings. The van der Waals surface area contributed by atoms with Gasteiger partial charge in [-0.25, -0.2) is 9.97 Å². The van der Waals surface area contributed by atoms with E-state index >= 15 is 0 Å². The van der Waals surface area contributed by atoms with Crippen LogP contribution in [0.5, 0.6) is 11.8 Å². The zero-order valence-corrected chi connectivity index (χ0v) is 10.5. The van der Waals surface area contributed by atoms with Crippen LogP contribution in [0.1, 0.15) is 26.3 Å². The Balaban J connectivity index is 2.91. The second kappa shape index (κ2) is 5.12. The van der Waals surface area contributed by atoms with Gasteiger partial charge in [-0.1, -0.05) is 0 Å². The molecule has 1 N–H and O–H groups in total. The van der Waals surface area contributed by atoms with E-state index in [4.69, 9.17) is 9.47 Å². The summed E-state index contributed by atoms with van der Waals surface area (Å²) in [5.41, 5.74) is 0.855. The van der Waals surface area contributed by atoms with Gasteiger partial charge < -0.3 is 14.8 Å². The molecule has 0 bridgehead atoms. The van der Waals surface area contributed by atoms with Crippen LogP contribution >= 0.6 is 0 Å². The maximum atomic E-state index is 5.18. The van der Waals surface area contributed by atoms with Crippen LogP contribution in [0, 0.1) is 0 Å². The monoisotopic (exact) mass is 225 g/mol. The SMILES string of the molecule is COc1ncnc(OC)c1CNC(C)(C)C. The summed E-state index contributed by atoms with van der Waals surface area (Å²) in [5.74, 6) is 1.09. The van der Waals surface area contributed by atoms with E-state index in [2.05, 4.69) is 36.1 Å². The minimum atomic E-state index is 0.0197. The van der Waals surface area contributed by atoms with E-state index in [1.807, 2.05) is 0 Å². The maximum Gasteiger partial charge on any atom is 0.224 e. The summed E-state index contributed by atoms with van der Waals surface area (Å²) in [4.78, 5) is 8.11. The zero-order valence-electron chi connectivity index (χ0n) is 10.5. The van der Waals surface area contributed by atoms with Gasteiger partial charge in [0.1, 0.15) is 6.33 Å². The highest BCUT2D eigenvalue weighted by atomic mass is 16.5. The van der Waals surface area contributed by atoms with E-state index in [-0.39, 0.29) is 5.54 Å². The summed E-state index contributed by atoms with van der Waals surface area (Å²) in [6.45, 7) is 6.89. The average Bonchev–Trinajstić information content (AvgIpc) is 2.24. The smallest absolute Gasteiger partial charge is 0.224 e. The van der Waals surface area contributed by atoms with E-state index in [1.54, 1.807) is 14.2 Å². The van der Waals surface area contributed by atoms with Crippen molar-refractivity contribution in [2.24, 2.45) is 0 Å². The Morgan fingerprint density at radius 1 is 1.12 bits per heavy atom. The predicted molar refractivity (Wildman–Crippen MR) is 61.7 cm³/mol. The van der Waals surface area contributed by atoms with Gasteiger partial charge in [0.25, 0.3) is 0 Å². The van der Waals surface area contributed by atoms with Crippen molar-refractivity contribution in [3.8, 4) is 11.8 Å². The average molecular weight is 225 g/mol. The fourth-order valence-corrected chi connectivity index (χ4v) is 1.24. The summed E-state index contributed by atoms with van der Waals surface area (Å²) in [6, 6.07) is 0. The van der Waals surface area contributed by atoms with Gasteiger partial charge in [-0.15, -0.1) is 0 Å². The largest absolute Gasteiger partial charge is 0.481 e. The third kappa shape index (κ3) is 3.34. The zero-order chi connectivity index (χ0) is 12.2. The molecular formula is C11H19N3O2. The first-order chi connectivity index (χ1) is 7.48. The predicted octanol–water partition coefficient (Wildman–Crippen LogP) is 1.38. The van der Waals surface area contributed by atoms with Gasteiger partial charge in [-0.05, 0) is 20.8 Å². The number of hydrogen-bond donors (Lipinski definition) is 1. The first kappa shape index (κ1) is 12.7. The fourth-order valence-electron chi connectivity index (χ4n) is 1.24. The molecule has 5 nitrogen and oxygen atoms in total. The summed E-state index contributed by atoms with van der Waals surface area (Å²) in [5, 5.41) is 3.35. The lowest BCUT2D eigenvalue weighted by Crippen LogP contribution is -2.35. The first-order valence-electron chi connectivity index (χ1n) is 5.15. The maximum absolute atomic E-state index is 5.18. The lowest BCUT2D eigenvalue weighted by molar-refractivity contribution is 0.349. The molecule has 0 aliphatic heterocycles. The van der Waals surface area contributed by atoms with Gasteiger partial charge in [0, 0.05) is 12.1 Å². The van der Waals surface area contributed by atoms with Gasteiger partial charge in [0.2, 0.25) is 11.8 Å². The standard InChI is InChI=1S/C11H19N3O2/c1-11(2,3)14-6-8-9(15-4)12-7-13-10(8)16-5/h7,14H,6H2,1-5H3. The molecular weight excluding hydrogens is 206 g/mol. The number of methoxy groups -OCH3 is 2. The molecule has 1 rings (SSSR count). The summed E-state index contributed by atoms with van der Waals surface area (Å²) >= 11 is 0. The molecule has 0 atom stereocenters. The number of aromatic nitrogens is 2. The molecule has 0 aliphatic carbocycles. The van der Waals surface area contributed by atoms with Gasteiger partial charge in [-0.2, -0.15) is 0 Å². The molecule has 0 saturated heterocycles. The lowest BCUT2D eigenvalue weighted by Gasteiger charge is -2.21. The highest BCUT2D eigenvalue weighted by molar-refractivity contribution is 5.34. The number of ether oxygens (including phenoxy) is 2. The minimum absolute atomic E-state index is 0.0197. The second-order valence-corrected chi connectivity index (χ2v) is 4.47. The quantitative estimate of drug-likeness (QED) is 0.839. The van der Waals surface area contributed by atoms with E-state index in [0.717, 1.165) is 5.56 Å². The summed E-state index contributed by atoms with van der Waals surface area (Å²) < 4.78 is 10.4. The van der Waals surface area contributed by atoms with Crippen LogP contribution in [0.25, 0.3) is 0 Å². The molecule has 0 amide bonds. The van der Waals surface area contributed by atoms with Crippen LogP contribution in [-0.2, 0) is 6.54 Å². The molecule has 0 spiro atoms. The van der Waals surface area contributed by atoms with E-state index in [1.165, 1.54) is 6.33 Å². The Bertz CT molecular complexity index is 325. The van der Waals surface area contributed by atoms with Crippen molar-refractivity contribution in [3.63, 3.8) is 0 Å². The van der Waals surface area contributed by atoms with Crippen LogP contribution in [0.15, 0.2) is 6.33 Å².